The van der Waals surface area contributed by atoms with E-state index in [0.29, 0.717) is 11.5 Å². The molecule has 0 radical (unpaired) electrons. The first-order valence-corrected chi connectivity index (χ1v) is 7.70. The fourth-order valence-corrected chi connectivity index (χ4v) is 2.44. The number of benzene rings is 1. The van der Waals surface area contributed by atoms with E-state index in [1.807, 2.05) is 37.3 Å². The van der Waals surface area contributed by atoms with Crippen molar-refractivity contribution in [3.63, 3.8) is 0 Å². The SMILES string of the molecule is C/C(=N\Nc1nc2c(nc1C)c(=O)n(C)c(=O)n2C)c1ccccc1. The summed E-state index contributed by atoms with van der Waals surface area (Å²) < 4.78 is 2.31. The maximum absolute atomic E-state index is 12.2. The van der Waals surface area contributed by atoms with Crippen LogP contribution in [0, 0.1) is 6.92 Å². The summed E-state index contributed by atoms with van der Waals surface area (Å²) in [7, 11) is 2.97. The summed E-state index contributed by atoms with van der Waals surface area (Å²) in [5, 5.41) is 4.32. The lowest BCUT2D eigenvalue weighted by Gasteiger charge is -2.10. The van der Waals surface area contributed by atoms with E-state index in [0.717, 1.165) is 15.8 Å². The lowest BCUT2D eigenvalue weighted by atomic mass is 10.1. The summed E-state index contributed by atoms with van der Waals surface area (Å²) in [5.41, 5.74) is 4.59. The van der Waals surface area contributed by atoms with Crippen molar-refractivity contribution in [2.75, 3.05) is 5.43 Å². The van der Waals surface area contributed by atoms with Crippen molar-refractivity contribution in [1.82, 2.24) is 19.1 Å². The zero-order chi connectivity index (χ0) is 18.1. The molecule has 0 saturated carbocycles. The highest BCUT2D eigenvalue weighted by Gasteiger charge is 2.14. The van der Waals surface area contributed by atoms with Gasteiger partial charge in [0.25, 0.3) is 5.56 Å². The zero-order valence-electron chi connectivity index (χ0n) is 14.4. The maximum atomic E-state index is 12.2. The van der Waals surface area contributed by atoms with Crippen molar-refractivity contribution < 1.29 is 0 Å². The normalized spacial score (nSPS) is 11.8. The van der Waals surface area contributed by atoms with E-state index < -0.39 is 11.2 Å². The Bertz CT molecular complexity index is 1100. The van der Waals surface area contributed by atoms with Crippen LogP contribution in [0.3, 0.4) is 0 Å². The van der Waals surface area contributed by atoms with Crippen molar-refractivity contribution in [1.29, 1.82) is 0 Å². The lowest BCUT2D eigenvalue weighted by Crippen LogP contribution is -2.37. The van der Waals surface area contributed by atoms with Crippen molar-refractivity contribution >= 4 is 22.7 Å². The van der Waals surface area contributed by atoms with E-state index in [1.54, 1.807) is 14.0 Å². The fraction of sp³-hybridized carbons (Fsp3) is 0.235. The molecule has 0 bridgehead atoms. The summed E-state index contributed by atoms with van der Waals surface area (Å²) in [5.74, 6) is 0.394. The predicted molar refractivity (Wildman–Crippen MR) is 97.0 cm³/mol. The van der Waals surface area contributed by atoms with Crippen LogP contribution in [0.1, 0.15) is 18.2 Å². The van der Waals surface area contributed by atoms with E-state index in [2.05, 4.69) is 20.5 Å². The van der Waals surface area contributed by atoms with Gasteiger partial charge in [-0.1, -0.05) is 30.3 Å². The molecule has 25 heavy (non-hydrogen) atoms. The first-order valence-electron chi connectivity index (χ1n) is 7.70. The van der Waals surface area contributed by atoms with Gasteiger partial charge in [0.05, 0.1) is 11.4 Å². The monoisotopic (exact) mass is 338 g/mol. The van der Waals surface area contributed by atoms with Crippen molar-refractivity contribution in [3.05, 3.63) is 62.4 Å². The number of nitrogens with zero attached hydrogens (tertiary/aromatic N) is 5. The van der Waals surface area contributed by atoms with Gasteiger partial charge in [0.15, 0.2) is 17.0 Å². The Kier molecular flexibility index (Phi) is 4.18. The Balaban J connectivity index is 2.08. The number of rotatable bonds is 3. The second kappa shape index (κ2) is 6.31. The largest absolute Gasteiger partial charge is 0.332 e. The van der Waals surface area contributed by atoms with Gasteiger partial charge in [0.1, 0.15) is 0 Å². The smallest absolute Gasteiger partial charge is 0.279 e. The molecule has 0 aliphatic heterocycles. The quantitative estimate of drug-likeness (QED) is 0.571. The Morgan fingerprint density at radius 1 is 1.08 bits per heavy atom. The minimum atomic E-state index is -0.468. The van der Waals surface area contributed by atoms with Gasteiger partial charge in [-0.05, 0) is 19.4 Å². The van der Waals surface area contributed by atoms with Crippen LogP contribution in [0.15, 0.2) is 45.0 Å². The lowest BCUT2D eigenvalue weighted by molar-refractivity contribution is 0.704. The molecule has 2 aromatic heterocycles. The average Bonchev–Trinajstić information content (AvgIpc) is 2.63. The maximum Gasteiger partial charge on any atom is 0.332 e. The summed E-state index contributed by atoms with van der Waals surface area (Å²) >= 11 is 0. The van der Waals surface area contributed by atoms with Crippen LogP contribution in [-0.2, 0) is 14.1 Å². The standard InChI is InChI=1S/C17H18N6O2/c1-10(12-8-6-5-7-9-12)20-21-14-11(2)18-13-15(19-14)22(3)17(25)23(4)16(13)24/h5-9H,1-4H3,(H,19,21)/b20-10+. The Hall–Kier alpha value is -3.29. The molecule has 0 spiro atoms. The molecule has 0 amide bonds. The first-order chi connectivity index (χ1) is 11.9. The number of fused-ring (bicyclic) bond motifs is 1. The third-order valence-electron chi connectivity index (χ3n) is 3.97. The second-order valence-electron chi connectivity index (χ2n) is 5.71. The van der Waals surface area contributed by atoms with E-state index in [1.165, 1.54) is 11.6 Å². The molecule has 0 atom stereocenters. The van der Waals surface area contributed by atoms with Crippen LogP contribution in [0.25, 0.3) is 11.2 Å². The average molecular weight is 338 g/mol. The molecule has 0 fully saturated rings. The molecule has 1 aromatic carbocycles. The fourth-order valence-electron chi connectivity index (χ4n) is 2.44. The van der Waals surface area contributed by atoms with Crippen molar-refractivity contribution in [2.24, 2.45) is 19.2 Å². The summed E-state index contributed by atoms with van der Waals surface area (Å²) in [6.07, 6.45) is 0. The molecule has 2 heterocycles. The third kappa shape index (κ3) is 2.93. The van der Waals surface area contributed by atoms with Crippen LogP contribution < -0.4 is 16.7 Å². The Morgan fingerprint density at radius 3 is 2.44 bits per heavy atom. The molecule has 1 N–H and O–H groups in total. The summed E-state index contributed by atoms with van der Waals surface area (Å²) in [6.45, 7) is 3.60. The minimum absolute atomic E-state index is 0.149. The highest BCUT2D eigenvalue weighted by atomic mass is 16.2. The van der Waals surface area contributed by atoms with E-state index in [4.69, 9.17) is 0 Å². The Morgan fingerprint density at radius 2 is 1.76 bits per heavy atom. The molecule has 0 aliphatic rings. The highest BCUT2D eigenvalue weighted by Crippen LogP contribution is 2.13. The van der Waals surface area contributed by atoms with Gasteiger partial charge < -0.3 is 0 Å². The molecule has 3 rings (SSSR count). The van der Waals surface area contributed by atoms with E-state index in [9.17, 15) is 9.59 Å². The second-order valence-corrected chi connectivity index (χ2v) is 5.71. The summed E-state index contributed by atoms with van der Waals surface area (Å²) in [4.78, 5) is 32.9. The third-order valence-corrected chi connectivity index (χ3v) is 3.97. The van der Waals surface area contributed by atoms with Crippen molar-refractivity contribution in [3.8, 4) is 0 Å². The Labute approximate surface area is 143 Å². The topological polar surface area (TPSA) is 94.2 Å². The van der Waals surface area contributed by atoms with Gasteiger partial charge in [0.2, 0.25) is 0 Å². The molecule has 128 valence electrons. The van der Waals surface area contributed by atoms with Gasteiger partial charge in [-0.15, -0.1) is 0 Å². The number of aromatic nitrogens is 4. The highest BCUT2D eigenvalue weighted by molar-refractivity contribution is 5.99. The van der Waals surface area contributed by atoms with E-state index >= 15 is 0 Å². The molecule has 0 unspecified atom stereocenters. The number of anilines is 1. The zero-order valence-corrected chi connectivity index (χ0v) is 14.4. The van der Waals surface area contributed by atoms with Crippen molar-refractivity contribution in [2.45, 2.75) is 13.8 Å². The molecule has 0 aliphatic carbocycles. The van der Waals surface area contributed by atoms with Crippen LogP contribution >= 0.6 is 0 Å². The summed E-state index contributed by atoms with van der Waals surface area (Å²) in [6, 6.07) is 9.70. The number of aryl methyl sites for hydroxylation is 2. The van der Waals surface area contributed by atoms with Crippen LogP contribution in [0.5, 0.6) is 0 Å². The van der Waals surface area contributed by atoms with Crippen LogP contribution in [0.2, 0.25) is 0 Å². The first kappa shape index (κ1) is 16.6. The van der Waals surface area contributed by atoms with Gasteiger partial charge in [-0.3, -0.25) is 19.4 Å². The minimum Gasteiger partial charge on any atom is -0.279 e. The van der Waals surface area contributed by atoms with Crippen LogP contribution in [0.4, 0.5) is 5.82 Å². The number of nitrogens with one attached hydrogen (secondary N) is 1. The van der Waals surface area contributed by atoms with Gasteiger partial charge in [-0.2, -0.15) is 5.10 Å². The molecular formula is C17H18N6O2. The molecule has 3 aromatic rings. The number of hydrazone groups is 1. The van der Waals surface area contributed by atoms with Gasteiger partial charge in [0, 0.05) is 14.1 Å². The van der Waals surface area contributed by atoms with Crippen LogP contribution in [-0.4, -0.2) is 24.8 Å². The molecule has 8 nitrogen and oxygen atoms in total. The predicted octanol–water partition coefficient (Wildman–Crippen LogP) is 1.17. The molecule has 0 saturated heterocycles. The van der Waals surface area contributed by atoms with Gasteiger partial charge >= 0.3 is 5.69 Å². The number of hydrogen-bond acceptors (Lipinski definition) is 6. The number of hydrogen-bond donors (Lipinski definition) is 1. The van der Waals surface area contributed by atoms with Gasteiger partial charge in [-0.25, -0.2) is 14.8 Å². The van der Waals surface area contributed by atoms with E-state index in [-0.39, 0.29) is 11.2 Å². The molecular weight excluding hydrogens is 320 g/mol. The molecule has 8 heteroatoms.